The molecule has 0 radical (unpaired) electrons. The van der Waals surface area contributed by atoms with Crippen LogP contribution in [0.2, 0.25) is 0 Å². The Bertz CT molecular complexity index is 765. The SMILES string of the molecule is COC(=O)CN1C(=O)/C(=C/c2cc(Br)c(OC)cc2OC)N(C)C1=S. The number of amides is 1. The maximum atomic E-state index is 12.6. The average Bonchev–Trinajstić information content (AvgIpc) is 2.79. The lowest BCUT2D eigenvalue weighted by molar-refractivity contribution is -0.143. The van der Waals surface area contributed by atoms with Gasteiger partial charge in [0, 0.05) is 18.7 Å². The second-order valence-corrected chi connectivity index (χ2v) is 6.29. The molecule has 1 aromatic carbocycles. The van der Waals surface area contributed by atoms with Crippen molar-refractivity contribution >= 4 is 51.2 Å². The fourth-order valence-corrected chi connectivity index (χ4v) is 3.06. The van der Waals surface area contributed by atoms with Crippen molar-refractivity contribution in [1.82, 2.24) is 9.80 Å². The van der Waals surface area contributed by atoms with E-state index in [1.165, 1.54) is 24.0 Å². The van der Waals surface area contributed by atoms with Crippen molar-refractivity contribution in [3.8, 4) is 11.5 Å². The van der Waals surface area contributed by atoms with Gasteiger partial charge in [0.2, 0.25) is 0 Å². The van der Waals surface area contributed by atoms with Crippen LogP contribution >= 0.6 is 28.1 Å². The van der Waals surface area contributed by atoms with Crippen molar-refractivity contribution < 1.29 is 23.8 Å². The minimum atomic E-state index is -0.546. The largest absolute Gasteiger partial charge is 0.496 e. The Morgan fingerprint density at radius 2 is 1.88 bits per heavy atom. The zero-order chi connectivity index (χ0) is 18.7. The molecule has 1 amide bonds. The topological polar surface area (TPSA) is 68.3 Å². The lowest BCUT2D eigenvalue weighted by atomic mass is 10.1. The van der Waals surface area contributed by atoms with Gasteiger partial charge in [0.25, 0.3) is 5.91 Å². The second-order valence-electron chi connectivity index (χ2n) is 5.07. The van der Waals surface area contributed by atoms with Crippen molar-refractivity contribution in [3.05, 3.63) is 27.9 Å². The van der Waals surface area contributed by atoms with Crippen LogP contribution in [0.3, 0.4) is 0 Å². The van der Waals surface area contributed by atoms with E-state index in [9.17, 15) is 9.59 Å². The molecule has 0 spiro atoms. The Morgan fingerprint density at radius 3 is 2.44 bits per heavy atom. The third-order valence-corrected chi connectivity index (χ3v) is 4.77. The number of halogens is 1. The number of carbonyl (C=O) groups is 2. The number of esters is 1. The average molecular weight is 429 g/mol. The molecule has 1 heterocycles. The molecule has 134 valence electrons. The van der Waals surface area contributed by atoms with Gasteiger partial charge >= 0.3 is 5.97 Å². The lowest BCUT2D eigenvalue weighted by Gasteiger charge is -2.14. The van der Waals surface area contributed by atoms with E-state index in [2.05, 4.69) is 20.7 Å². The minimum absolute atomic E-state index is 0.230. The molecule has 7 nitrogen and oxygen atoms in total. The van der Waals surface area contributed by atoms with Gasteiger partial charge < -0.3 is 19.1 Å². The van der Waals surface area contributed by atoms with Crippen LogP contribution in [0.15, 0.2) is 22.3 Å². The Hall–Kier alpha value is -2.13. The highest BCUT2D eigenvalue weighted by Crippen LogP contribution is 2.35. The first-order valence-corrected chi connectivity index (χ1v) is 8.33. The molecule has 0 unspecified atom stereocenters. The van der Waals surface area contributed by atoms with E-state index >= 15 is 0 Å². The molecule has 1 saturated heterocycles. The molecule has 1 aliphatic rings. The van der Waals surface area contributed by atoms with Gasteiger partial charge in [-0.3, -0.25) is 14.5 Å². The first-order valence-electron chi connectivity index (χ1n) is 7.13. The van der Waals surface area contributed by atoms with E-state index in [-0.39, 0.29) is 17.6 Å². The van der Waals surface area contributed by atoms with Crippen LogP contribution in [0.1, 0.15) is 5.56 Å². The molecule has 0 atom stereocenters. The van der Waals surface area contributed by atoms with Crippen LogP contribution in [0.25, 0.3) is 6.08 Å². The fourth-order valence-electron chi connectivity index (χ4n) is 2.29. The van der Waals surface area contributed by atoms with Crippen molar-refractivity contribution in [1.29, 1.82) is 0 Å². The van der Waals surface area contributed by atoms with Gasteiger partial charge in [0.15, 0.2) is 5.11 Å². The number of methoxy groups -OCH3 is 3. The van der Waals surface area contributed by atoms with Gasteiger partial charge in [-0.1, -0.05) is 0 Å². The summed E-state index contributed by atoms with van der Waals surface area (Å²) < 4.78 is 15.9. The molecule has 2 rings (SSSR count). The first kappa shape index (κ1) is 19.2. The molecule has 0 aromatic heterocycles. The molecule has 0 saturated carbocycles. The smallest absolute Gasteiger partial charge is 0.325 e. The molecule has 0 aliphatic carbocycles. The Balaban J connectivity index is 2.44. The third kappa shape index (κ3) is 3.77. The molecule has 0 bridgehead atoms. The summed E-state index contributed by atoms with van der Waals surface area (Å²) in [4.78, 5) is 26.9. The van der Waals surface area contributed by atoms with E-state index in [1.807, 2.05) is 0 Å². The van der Waals surface area contributed by atoms with Gasteiger partial charge in [-0.05, 0) is 40.3 Å². The molecule has 9 heteroatoms. The van der Waals surface area contributed by atoms with Crippen LogP contribution in [0.4, 0.5) is 0 Å². The van der Waals surface area contributed by atoms with Crippen molar-refractivity contribution in [2.45, 2.75) is 0 Å². The number of likely N-dealkylation sites (N-methyl/N-ethyl adjacent to an activating group) is 1. The number of thiocarbonyl (C=S) groups is 1. The number of hydrogen-bond acceptors (Lipinski definition) is 6. The number of rotatable bonds is 5. The zero-order valence-electron chi connectivity index (χ0n) is 14.2. The van der Waals surface area contributed by atoms with Gasteiger partial charge in [0.1, 0.15) is 23.7 Å². The van der Waals surface area contributed by atoms with Crippen LogP contribution in [-0.2, 0) is 14.3 Å². The highest BCUT2D eigenvalue weighted by atomic mass is 79.9. The summed E-state index contributed by atoms with van der Waals surface area (Å²) >= 11 is 8.66. The molecular weight excluding hydrogens is 412 g/mol. The standard InChI is InChI=1S/C16H17BrN2O5S/c1-18-11(15(21)19(16(18)25)8-14(20)24-4)6-9-5-10(17)13(23-3)7-12(9)22-2/h5-7H,8H2,1-4H3/b11-6-. The maximum Gasteiger partial charge on any atom is 0.325 e. The van der Waals surface area contributed by atoms with Crippen molar-refractivity contribution in [3.63, 3.8) is 0 Å². The van der Waals surface area contributed by atoms with Crippen LogP contribution < -0.4 is 9.47 Å². The first-order chi connectivity index (χ1) is 11.8. The molecular formula is C16H17BrN2O5S. The van der Waals surface area contributed by atoms with Gasteiger partial charge in [-0.2, -0.15) is 0 Å². The minimum Gasteiger partial charge on any atom is -0.496 e. The highest BCUT2D eigenvalue weighted by Gasteiger charge is 2.37. The number of ether oxygens (including phenoxy) is 3. The number of carbonyl (C=O) groups excluding carboxylic acids is 2. The number of benzene rings is 1. The maximum absolute atomic E-state index is 12.6. The summed E-state index contributed by atoms with van der Waals surface area (Å²) in [7, 11) is 5.99. The Morgan fingerprint density at radius 1 is 1.24 bits per heavy atom. The quantitative estimate of drug-likeness (QED) is 0.403. The zero-order valence-corrected chi connectivity index (χ0v) is 16.6. The van der Waals surface area contributed by atoms with E-state index in [1.54, 1.807) is 32.4 Å². The molecule has 1 aromatic rings. The summed E-state index contributed by atoms with van der Waals surface area (Å²) in [6.07, 6.45) is 1.65. The van der Waals surface area contributed by atoms with E-state index in [4.69, 9.17) is 21.7 Å². The summed E-state index contributed by atoms with van der Waals surface area (Å²) in [6, 6.07) is 3.48. The lowest BCUT2D eigenvalue weighted by Crippen LogP contribution is -2.36. The molecule has 1 aliphatic heterocycles. The summed E-state index contributed by atoms with van der Waals surface area (Å²) in [5.41, 5.74) is 0.984. The third-order valence-electron chi connectivity index (χ3n) is 3.65. The second kappa shape index (κ2) is 7.83. The monoisotopic (exact) mass is 428 g/mol. The molecule has 0 N–H and O–H groups in total. The molecule has 25 heavy (non-hydrogen) atoms. The van der Waals surface area contributed by atoms with Crippen molar-refractivity contribution in [2.75, 3.05) is 34.9 Å². The van der Waals surface area contributed by atoms with Crippen LogP contribution in [-0.4, -0.2) is 61.7 Å². The Kier molecular flexibility index (Phi) is 6.02. The normalized spacial score (nSPS) is 15.8. The van der Waals surface area contributed by atoms with Crippen molar-refractivity contribution in [2.24, 2.45) is 0 Å². The van der Waals surface area contributed by atoms with Gasteiger partial charge in [0.05, 0.1) is 25.8 Å². The summed E-state index contributed by atoms with van der Waals surface area (Å²) in [5.74, 6) is 0.209. The predicted molar refractivity (Wildman–Crippen MR) is 99.3 cm³/mol. The molecule has 1 fully saturated rings. The predicted octanol–water partition coefficient (Wildman–Crippen LogP) is 2.04. The van der Waals surface area contributed by atoms with E-state index in [0.717, 1.165) is 0 Å². The van der Waals surface area contributed by atoms with Crippen LogP contribution in [0, 0.1) is 0 Å². The fraction of sp³-hybridized carbons (Fsp3) is 0.312. The number of nitrogens with zero attached hydrogens (tertiary/aromatic N) is 2. The highest BCUT2D eigenvalue weighted by molar-refractivity contribution is 9.10. The summed E-state index contributed by atoms with van der Waals surface area (Å²) in [6.45, 7) is -0.237. The number of hydrogen-bond donors (Lipinski definition) is 0. The van der Waals surface area contributed by atoms with E-state index in [0.29, 0.717) is 27.2 Å². The van der Waals surface area contributed by atoms with Gasteiger partial charge in [-0.15, -0.1) is 0 Å². The van der Waals surface area contributed by atoms with Crippen LogP contribution in [0.5, 0.6) is 11.5 Å². The van der Waals surface area contributed by atoms with Gasteiger partial charge in [-0.25, -0.2) is 0 Å². The summed E-state index contributed by atoms with van der Waals surface area (Å²) in [5, 5.41) is 0.230. The Labute approximate surface area is 159 Å². The van der Waals surface area contributed by atoms with E-state index < -0.39 is 5.97 Å².